The normalized spacial score (nSPS) is 19.5. The van der Waals surface area contributed by atoms with Crippen molar-refractivity contribution in [3.63, 3.8) is 0 Å². The molecule has 0 spiro atoms. The van der Waals surface area contributed by atoms with Crippen LogP contribution in [0.4, 0.5) is 0 Å². The van der Waals surface area contributed by atoms with Gasteiger partial charge in [-0.15, -0.1) is 0 Å². The number of carbonyl (C=O) groups excluding carboxylic acids is 1. The maximum absolute atomic E-state index is 12.1. The average molecular weight is 339 g/mol. The van der Waals surface area contributed by atoms with E-state index in [1.54, 1.807) is 13.1 Å². The maximum Gasteiger partial charge on any atom is 0.334 e. The summed E-state index contributed by atoms with van der Waals surface area (Å²) in [5, 5.41) is 0. The van der Waals surface area contributed by atoms with Crippen molar-refractivity contribution in [2.45, 2.75) is 26.4 Å². The number of pyridine rings is 1. The molecule has 0 bridgehead atoms. The molecule has 1 aromatic rings. The van der Waals surface area contributed by atoms with Crippen molar-refractivity contribution < 1.29 is 14.3 Å². The zero-order valence-electron chi connectivity index (χ0n) is 14.1. The summed E-state index contributed by atoms with van der Waals surface area (Å²) >= 11 is 0. The minimum Gasteiger partial charge on any atom is -0.492 e. The molecule has 0 aromatic carbocycles. The van der Waals surface area contributed by atoms with Crippen molar-refractivity contribution in [1.82, 2.24) is 4.98 Å². The lowest BCUT2D eigenvalue weighted by Gasteiger charge is -2.20. The molecule has 0 saturated carbocycles. The highest BCUT2D eigenvalue weighted by Gasteiger charge is 2.25. The first-order valence-corrected chi connectivity index (χ1v) is 8.30. The van der Waals surface area contributed by atoms with Crippen molar-refractivity contribution in [3.8, 4) is 0 Å². The molecule has 2 aliphatic rings. The number of rotatable bonds is 5. The summed E-state index contributed by atoms with van der Waals surface area (Å²) in [7, 11) is 0. The Morgan fingerprint density at radius 2 is 2.24 bits per heavy atom. The highest BCUT2D eigenvalue weighted by Crippen LogP contribution is 2.32. The fourth-order valence-electron chi connectivity index (χ4n) is 2.78. The molecule has 25 heavy (non-hydrogen) atoms. The fourth-order valence-corrected chi connectivity index (χ4v) is 2.78. The topological polar surface area (TPSA) is 86.8 Å². The minimum atomic E-state index is -0.340. The van der Waals surface area contributed by atoms with Gasteiger partial charge in [-0.25, -0.2) is 9.79 Å². The van der Waals surface area contributed by atoms with E-state index < -0.39 is 0 Å². The van der Waals surface area contributed by atoms with Gasteiger partial charge in [0, 0.05) is 36.2 Å². The van der Waals surface area contributed by atoms with Crippen LogP contribution in [0, 0.1) is 5.92 Å². The molecule has 0 fully saturated rings. The van der Waals surface area contributed by atoms with Gasteiger partial charge in [-0.1, -0.05) is 12.1 Å². The number of hydrogen-bond donors (Lipinski definition) is 1. The summed E-state index contributed by atoms with van der Waals surface area (Å²) in [4.78, 5) is 20.8. The number of nitrogens with two attached hydrogens (primary N) is 1. The molecular weight excluding hydrogens is 318 g/mol. The van der Waals surface area contributed by atoms with Crippen LogP contribution < -0.4 is 5.73 Å². The zero-order chi connectivity index (χ0) is 17.6. The second-order valence-electron chi connectivity index (χ2n) is 5.84. The van der Waals surface area contributed by atoms with Crippen molar-refractivity contribution in [3.05, 3.63) is 65.3 Å². The van der Waals surface area contributed by atoms with E-state index in [2.05, 4.69) is 9.98 Å². The largest absolute Gasteiger partial charge is 0.492 e. The third kappa shape index (κ3) is 4.35. The third-order valence-corrected chi connectivity index (χ3v) is 3.96. The van der Waals surface area contributed by atoms with Gasteiger partial charge in [-0.3, -0.25) is 4.98 Å². The van der Waals surface area contributed by atoms with E-state index in [4.69, 9.17) is 15.2 Å². The molecule has 1 atom stereocenters. The first kappa shape index (κ1) is 17.0. The van der Waals surface area contributed by atoms with Crippen molar-refractivity contribution in [1.29, 1.82) is 0 Å². The lowest BCUT2D eigenvalue weighted by Crippen LogP contribution is -2.16. The van der Waals surface area contributed by atoms with E-state index in [-0.39, 0.29) is 11.9 Å². The number of aromatic nitrogens is 1. The molecule has 1 aliphatic carbocycles. The second kappa shape index (κ2) is 7.79. The number of aliphatic imine (C=N–C) groups is 1. The van der Waals surface area contributed by atoms with Crippen LogP contribution >= 0.6 is 0 Å². The molecule has 3 rings (SSSR count). The molecule has 0 radical (unpaired) electrons. The van der Waals surface area contributed by atoms with E-state index in [0.717, 1.165) is 17.2 Å². The van der Waals surface area contributed by atoms with E-state index >= 15 is 0 Å². The Morgan fingerprint density at radius 1 is 1.36 bits per heavy atom. The van der Waals surface area contributed by atoms with Crippen LogP contribution in [-0.4, -0.2) is 23.4 Å². The minimum absolute atomic E-state index is 0.0517. The van der Waals surface area contributed by atoms with Gasteiger partial charge >= 0.3 is 5.97 Å². The van der Waals surface area contributed by atoms with Gasteiger partial charge in [-0.05, 0) is 31.2 Å². The molecule has 6 nitrogen and oxygen atoms in total. The Morgan fingerprint density at radius 3 is 3.00 bits per heavy atom. The van der Waals surface area contributed by atoms with Crippen LogP contribution in [-0.2, 0) is 20.9 Å². The van der Waals surface area contributed by atoms with E-state index in [9.17, 15) is 4.79 Å². The lowest BCUT2D eigenvalue weighted by atomic mass is 9.93. The number of esters is 1. The average Bonchev–Trinajstić information content (AvgIpc) is 2.78. The number of nitrogens with zero attached hydrogens (tertiary/aromatic N) is 2. The second-order valence-corrected chi connectivity index (χ2v) is 5.84. The Balaban J connectivity index is 1.74. The summed E-state index contributed by atoms with van der Waals surface area (Å²) in [6.45, 7) is 2.52. The molecule has 0 saturated heterocycles. The first-order valence-electron chi connectivity index (χ1n) is 8.30. The Hall–Kier alpha value is -2.89. The van der Waals surface area contributed by atoms with E-state index in [1.807, 2.05) is 36.4 Å². The van der Waals surface area contributed by atoms with E-state index in [1.165, 1.54) is 0 Å². The number of allylic oxidation sites excluding steroid dienone is 4. The van der Waals surface area contributed by atoms with Crippen LogP contribution in [0.5, 0.6) is 0 Å². The molecule has 1 aliphatic heterocycles. The predicted octanol–water partition coefficient (Wildman–Crippen LogP) is 2.64. The predicted molar refractivity (Wildman–Crippen MR) is 94.3 cm³/mol. The van der Waals surface area contributed by atoms with Crippen LogP contribution in [0.15, 0.2) is 64.6 Å². The quantitative estimate of drug-likeness (QED) is 0.833. The van der Waals surface area contributed by atoms with Gasteiger partial charge in [0.15, 0.2) is 0 Å². The number of fused-ring (bicyclic) bond motifs is 1. The first-order chi connectivity index (χ1) is 12.2. The van der Waals surface area contributed by atoms with Gasteiger partial charge in [0.1, 0.15) is 12.4 Å². The molecule has 130 valence electrons. The Kier molecular flexibility index (Phi) is 5.28. The lowest BCUT2D eigenvalue weighted by molar-refractivity contribution is -0.138. The van der Waals surface area contributed by atoms with Crippen LogP contribution in [0.25, 0.3) is 0 Å². The van der Waals surface area contributed by atoms with E-state index in [0.29, 0.717) is 37.5 Å². The highest BCUT2D eigenvalue weighted by atomic mass is 16.5. The number of ether oxygens (including phenoxy) is 2. The van der Waals surface area contributed by atoms with Crippen LogP contribution in [0.2, 0.25) is 0 Å². The monoisotopic (exact) mass is 339 g/mol. The molecule has 1 unspecified atom stereocenters. The summed E-state index contributed by atoms with van der Waals surface area (Å²) in [5.74, 6) is 0.852. The Bertz CT molecular complexity index is 763. The summed E-state index contributed by atoms with van der Waals surface area (Å²) < 4.78 is 11.0. The standard InChI is InChI=1S/C19H21N3O3/c1-2-24-19(23)14-9-13-10-16(6-7-17(13)22-18(20)11-14)25-12-15-5-3-4-8-21-15/h3-9,13H,2,10-12H2,1H3,(H2,20,22). The third-order valence-electron chi connectivity index (χ3n) is 3.96. The maximum atomic E-state index is 12.1. The number of hydrogen-bond acceptors (Lipinski definition) is 6. The molecule has 2 N–H and O–H groups in total. The highest BCUT2D eigenvalue weighted by molar-refractivity contribution is 5.97. The molecule has 1 aromatic heterocycles. The zero-order valence-corrected chi connectivity index (χ0v) is 14.1. The van der Waals surface area contributed by atoms with Crippen LogP contribution in [0.3, 0.4) is 0 Å². The summed E-state index contributed by atoms with van der Waals surface area (Å²) in [6.07, 6.45) is 8.34. The molecule has 0 amide bonds. The molecule has 2 heterocycles. The SMILES string of the molecule is CCOC(=O)C1=CC2CC(OCc3ccccn3)=CC=C2N=C(N)C1. The summed E-state index contributed by atoms with van der Waals surface area (Å²) in [5.41, 5.74) is 8.18. The van der Waals surface area contributed by atoms with Gasteiger partial charge in [-0.2, -0.15) is 0 Å². The van der Waals surface area contributed by atoms with Crippen LogP contribution in [0.1, 0.15) is 25.5 Å². The Labute approximate surface area is 146 Å². The molecule has 6 heteroatoms. The number of amidine groups is 1. The number of carbonyl (C=O) groups is 1. The van der Waals surface area contributed by atoms with Crippen molar-refractivity contribution >= 4 is 11.8 Å². The van der Waals surface area contributed by atoms with Crippen molar-refractivity contribution in [2.24, 2.45) is 16.6 Å². The van der Waals surface area contributed by atoms with Gasteiger partial charge in [0.25, 0.3) is 0 Å². The summed E-state index contributed by atoms with van der Waals surface area (Å²) in [6, 6.07) is 5.71. The smallest absolute Gasteiger partial charge is 0.334 e. The fraction of sp³-hybridized carbons (Fsp3) is 0.316. The van der Waals surface area contributed by atoms with Crippen molar-refractivity contribution in [2.75, 3.05) is 6.61 Å². The van der Waals surface area contributed by atoms with Gasteiger partial charge in [0.05, 0.1) is 18.1 Å². The molecular formula is C19H21N3O3. The van der Waals surface area contributed by atoms with Gasteiger partial charge in [0.2, 0.25) is 0 Å². The van der Waals surface area contributed by atoms with Gasteiger partial charge < -0.3 is 15.2 Å².